The van der Waals surface area contributed by atoms with E-state index in [9.17, 15) is 0 Å². The van der Waals surface area contributed by atoms with Crippen LogP contribution < -0.4 is 9.47 Å². The molecule has 1 aliphatic rings. The van der Waals surface area contributed by atoms with Gasteiger partial charge in [0.05, 0.1) is 0 Å². The van der Waals surface area contributed by atoms with E-state index in [4.69, 9.17) is 9.47 Å². The lowest BCUT2D eigenvalue weighted by molar-refractivity contribution is 0.174. The van der Waals surface area contributed by atoms with Gasteiger partial charge in [0.25, 0.3) is 0 Å². The summed E-state index contributed by atoms with van der Waals surface area (Å²) in [5.41, 5.74) is 2.06. The smallest absolute Gasteiger partial charge is 0.231 e. The molecular formula is C13H9O2. The summed E-state index contributed by atoms with van der Waals surface area (Å²) in [6.07, 6.45) is 0. The molecule has 0 unspecified atom stereocenters. The Bertz CT molecular complexity index is 477. The fourth-order valence-electron chi connectivity index (χ4n) is 1.70. The molecule has 2 nitrogen and oxygen atoms in total. The van der Waals surface area contributed by atoms with Crippen LogP contribution in [0.15, 0.2) is 42.5 Å². The van der Waals surface area contributed by atoms with Crippen LogP contribution in [0.2, 0.25) is 0 Å². The predicted molar refractivity (Wildman–Crippen MR) is 56.8 cm³/mol. The Hall–Kier alpha value is -1.96. The van der Waals surface area contributed by atoms with Gasteiger partial charge in [0, 0.05) is 5.56 Å². The maximum atomic E-state index is 5.44. The Morgan fingerprint density at radius 1 is 1.00 bits per heavy atom. The summed E-state index contributed by atoms with van der Waals surface area (Å²) < 4.78 is 10.8. The first-order chi connectivity index (χ1) is 7.45. The lowest BCUT2D eigenvalue weighted by Gasteiger charge is -2.04. The molecular weight excluding hydrogens is 188 g/mol. The highest BCUT2D eigenvalue weighted by Crippen LogP contribution is 2.40. The van der Waals surface area contributed by atoms with Gasteiger partial charge in [-0.25, -0.2) is 0 Å². The van der Waals surface area contributed by atoms with Crippen molar-refractivity contribution >= 4 is 0 Å². The minimum absolute atomic E-state index is 0.305. The van der Waals surface area contributed by atoms with Crippen molar-refractivity contribution in [1.82, 2.24) is 0 Å². The van der Waals surface area contributed by atoms with Crippen molar-refractivity contribution in [3.05, 3.63) is 48.5 Å². The molecule has 0 spiro atoms. The number of benzene rings is 2. The van der Waals surface area contributed by atoms with Crippen LogP contribution in [0, 0.1) is 6.07 Å². The highest BCUT2D eigenvalue weighted by atomic mass is 16.7. The summed E-state index contributed by atoms with van der Waals surface area (Å²) in [6, 6.07) is 16.9. The highest BCUT2D eigenvalue weighted by Gasteiger charge is 2.17. The molecule has 0 saturated heterocycles. The number of fused-ring (bicyclic) bond motifs is 1. The molecule has 2 aromatic carbocycles. The van der Waals surface area contributed by atoms with E-state index in [1.165, 1.54) is 0 Å². The molecule has 1 radical (unpaired) electrons. The van der Waals surface area contributed by atoms with Crippen LogP contribution in [0.4, 0.5) is 0 Å². The predicted octanol–water partition coefficient (Wildman–Crippen LogP) is 2.88. The molecule has 0 amide bonds. The van der Waals surface area contributed by atoms with E-state index in [2.05, 4.69) is 6.07 Å². The molecule has 2 aromatic rings. The first kappa shape index (κ1) is 8.36. The van der Waals surface area contributed by atoms with Crippen LogP contribution in [-0.2, 0) is 0 Å². The minimum Gasteiger partial charge on any atom is -0.454 e. The van der Waals surface area contributed by atoms with Crippen molar-refractivity contribution in [2.75, 3.05) is 6.79 Å². The molecule has 1 aliphatic heterocycles. The average Bonchev–Trinajstić information content (AvgIpc) is 2.78. The molecule has 0 bridgehead atoms. The lowest BCUT2D eigenvalue weighted by Crippen LogP contribution is -1.93. The number of para-hydroxylation sites is 1. The Labute approximate surface area is 88.1 Å². The van der Waals surface area contributed by atoms with Crippen LogP contribution in [-0.4, -0.2) is 6.79 Å². The van der Waals surface area contributed by atoms with Gasteiger partial charge in [-0.1, -0.05) is 36.4 Å². The van der Waals surface area contributed by atoms with Gasteiger partial charge in [-0.15, -0.1) is 0 Å². The topological polar surface area (TPSA) is 18.5 Å². The van der Waals surface area contributed by atoms with Crippen LogP contribution in [0.1, 0.15) is 0 Å². The zero-order chi connectivity index (χ0) is 10.1. The Morgan fingerprint density at radius 3 is 2.87 bits per heavy atom. The van der Waals surface area contributed by atoms with Crippen molar-refractivity contribution in [1.29, 1.82) is 0 Å². The Kier molecular flexibility index (Phi) is 1.85. The fourth-order valence-corrected chi connectivity index (χ4v) is 1.70. The molecule has 2 heteroatoms. The largest absolute Gasteiger partial charge is 0.454 e. The van der Waals surface area contributed by atoms with Crippen LogP contribution in [0.5, 0.6) is 11.5 Å². The zero-order valence-corrected chi connectivity index (χ0v) is 8.07. The summed E-state index contributed by atoms with van der Waals surface area (Å²) in [6.45, 7) is 0.305. The van der Waals surface area contributed by atoms with Gasteiger partial charge in [-0.2, -0.15) is 0 Å². The van der Waals surface area contributed by atoms with Crippen LogP contribution >= 0.6 is 0 Å². The lowest BCUT2D eigenvalue weighted by atomic mass is 10.0. The van der Waals surface area contributed by atoms with Crippen LogP contribution in [0.3, 0.4) is 0 Å². The molecule has 1 heterocycles. The van der Waals surface area contributed by atoms with E-state index >= 15 is 0 Å². The fraction of sp³-hybridized carbons (Fsp3) is 0.0769. The molecule has 15 heavy (non-hydrogen) atoms. The Morgan fingerprint density at radius 2 is 2.00 bits per heavy atom. The highest BCUT2D eigenvalue weighted by molar-refractivity contribution is 5.73. The maximum Gasteiger partial charge on any atom is 0.231 e. The third-order valence-corrected chi connectivity index (χ3v) is 2.40. The third kappa shape index (κ3) is 1.34. The quantitative estimate of drug-likeness (QED) is 0.699. The van der Waals surface area contributed by atoms with E-state index < -0.39 is 0 Å². The van der Waals surface area contributed by atoms with E-state index in [0.717, 1.165) is 22.6 Å². The average molecular weight is 197 g/mol. The molecule has 0 saturated carbocycles. The molecule has 73 valence electrons. The van der Waals surface area contributed by atoms with Crippen LogP contribution in [0.25, 0.3) is 11.1 Å². The monoisotopic (exact) mass is 197 g/mol. The van der Waals surface area contributed by atoms with Crippen molar-refractivity contribution in [2.45, 2.75) is 0 Å². The van der Waals surface area contributed by atoms with E-state index in [-0.39, 0.29) is 0 Å². The van der Waals surface area contributed by atoms with Gasteiger partial charge in [-0.05, 0) is 17.7 Å². The number of rotatable bonds is 1. The zero-order valence-electron chi connectivity index (χ0n) is 8.07. The normalized spacial score (nSPS) is 12.8. The third-order valence-electron chi connectivity index (χ3n) is 2.40. The number of ether oxygens (including phenoxy) is 2. The first-order valence-electron chi connectivity index (χ1n) is 4.81. The van der Waals surface area contributed by atoms with Gasteiger partial charge in [-0.3, -0.25) is 0 Å². The molecule has 0 fully saturated rings. The van der Waals surface area contributed by atoms with Gasteiger partial charge in [0.1, 0.15) is 0 Å². The van der Waals surface area contributed by atoms with Gasteiger partial charge < -0.3 is 9.47 Å². The molecule has 3 rings (SSSR count). The van der Waals surface area contributed by atoms with E-state index in [1.807, 2.05) is 42.5 Å². The van der Waals surface area contributed by atoms with Gasteiger partial charge in [0.2, 0.25) is 6.79 Å². The SMILES string of the molecule is [c]1ccccc1-c1cccc2c1OCO2. The Balaban J connectivity index is 2.17. The number of hydrogen-bond donors (Lipinski definition) is 0. The van der Waals surface area contributed by atoms with E-state index in [0.29, 0.717) is 6.79 Å². The summed E-state index contributed by atoms with van der Waals surface area (Å²) in [7, 11) is 0. The summed E-state index contributed by atoms with van der Waals surface area (Å²) in [4.78, 5) is 0. The summed E-state index contributed by atoms with van der Waals surface area (Å²) >= 11 is 0. The molecule has 0 N–H and O–H groups in total. The van der Waals surface area contributed by atoms with Gasteiger partial charge >= 0.3 is 0 Å². The standard InChI is InChI=1S/C13H9O2/c1-2-5-10(6-3-1)11-7-4-8-12-13(11)15-9-14-12/h1-5,7-8H,9H2. The first-order valence-corrected chi connectivity index (χ1v) is 4.81. The molecule has 0 aliphatic carbocycles. The second-order valence-corrected chi connectivity index (χ2v) is 3.32. The summed E-state index contributed by atoms with van der Waals surface area (Å²) in [5.74, 6) is 1.63. The minimum atomic E-state index is 0.305. The van der Waals surface area contributed by atoms with Gasteiger partial charge in [0.15, 0.2) is 11.5 Å². The second-order valence-electron chi connectivity index (χ2n) is 3.32. The molecule has 0 aromatic heterocycles. The summed E-state index contributed by atoms with van der Waals surface area (Å²) in [5, 5.41) is 0. The van der Waals surface area contributed by atoms with Crippen molar-refractivity contribution in [2.24, 2.45) is 0 Å². The second kappa shape index (κ2) is 3.31. The van der Waals surface area contributed by atoms with Crippen molar-refractivity contribution in [3.63, 3.8) is 0 Å². The van der Waals surface area contributed by atoms with E-state index in [1.54, 1.807) is 0 Å². The maximum absolute atomic E-state index is 5.44. The van der Waals surface area contributed by atoms with Crippen molar-refractivity contribution in [3.8, 4) is 22.6 Å². The molecule has 0 atom stereocenters. The van der Waals surface area contributed by atoms with Crippen molar-refractivity contribution < 1.29 is 9.47 Å². The number of hydrogen-bond acceptors (Lipinski definition) is 2.